The number of nitrogens with one attached hydrogen (secondary N) is 1. The summed E-state index contributed by atoms with van der Waals surface area (Å²) in [5.41, 5.74) is 0.479. The van der Waals surface area contributed by atoms with Gasteiger partial charge in [-0.1, -0.05) is 20.8 Å². The van der Waals surface area contributed by atoms with E-state index < -0.39 is 0 Å². The van der Waals surface area contributed by atoms with E-state index in [9.17, 15) is 0 Å². The average Bonchev–Trinajstić information content (AvgIpc) is 2.64. The summed E-state index contributed by atoms with van der Waals surface area (Å²) >= 11 is 0. The molecular formula is C14H31N3. The van der Waals surface area contributed by atoms with Gasteiger partial charge in [0.15, 0.2) is 0 Å². The highest BCUT2D eigenvalue weighted by molar-refractivity contribution is 4.83. The van der Waals surface area contributed by atoms with E-state index in [1.54, 1.807) is 0 Å². The fourth-order valence-corrected chi connectivity index (χ4v) is 2.41. The summed E-state index contributed by atoms with van der Waals surface area (Å²) in [5, 5.41) is 3.51. The largest absolute Gasteiger partial charge is 0.314 e. The molecule has 1 rings (SSSR count). The second kappa shape index (κ2) is 6.72. The van der Waals surface area contributed by atoms with Gasteiger partial charge in [-0.25, -0.2) is 0 Å². The molecule has 1 unspecified atom stereocenters. The van der Waals surface area contributed by atoms with Crippen LogP contribution < -0.4 is 5.32 Å². The third-order valence-electron chi connectivity index (χ3n) is 3.84. The van der Waals surface area contributed by atoms with Gasteiger partial charge in [0.25, 0.3) is 0 Å². The number of hydrogen-bond donors (Lipinski definition) is 1. The summed E-state index contributed by atoms with van der Waals surface area (Å²) in [6.45, 7) is 14.3. The normalized spacial score (nSPS) is 22.6. The summed E-state index contributed by atoms with van der Waals surface area (Å²) in [6, 6.07) is 0. The smallest absolute Gasteiger partial charge is 0.0107 e. The van der Waals surface area contributed by atoms with Crippen LogP contribution in [0.4, 0.5) is 0 Å². The van der Waals surface area contributed by atoms with E-state index in [0.29, 0.717) is 5.41 Å². The molecule has 0 aromatic heterocycles. The molecule has 0 aromatic carbocycles. The minimum atomic E-state index is 0.479. The predicted molar refractivity (Wildman–Crippen MR) is 75.4 cm³/mol. The van der Waals surface area contributed by atoms with Crippen molar-refractivity contribution >= 4 is 0 Å². The molecule has 0 bridgehead atoms. The Hall–Kier alpha value is -0.120. The van der Waals surface area contributed by atoms with Crippen LogP contribution in [0.2, 0.25) is 0 Å². The second-order valence-corrected chi connectivity index (χ2v) is 6.71. The van der Waals surface area contributed by atoms with Crippen molar-refractivity contribution in [3.8, 4) is 0 Å². The van der Waals surface area contributed by atoms with Crippen LogP contribution in [-0.4, -0.2) is 63.2 Å². The lowest BCUT2D eigenvalue weighted by Gasteiger charge is -2.27. The fraction of sp³-hybridized carbons (Fsp3) is 1.00. The maximum Gasteiger partial charge on any atom is 0.0107 e. The van der Waals surface area contributed by atoms with Crippen LogP contribution in [0.1, 0.15) is 27.2 Å². The minimum Gasteiger partial charge on any atom is -0.314 e. The van der Waals surface area contributed by atoms with Gasteiger partial charge in [-0.2, -0.15) is 0 Å². The molecule has 1 saturated heterocycles. The van der Waals surface area contributed by atoms with Crippen molar-refractivity contribution in [2.45, 2.75) is 27.2 Å². The number of hydrogen-bond acceptors (Lipinski definition) is 3. The standard InChI is InChI=1S/C14H31N3/c1-14(2,3)13-6-9-17(12-13)11-8-15-7-10-16(4)5/h13,15H,6-12H2,1-5H3. The first kappa shape index (κ1) is 14.9. The monoisotopic (exact) mass is 241 g/mol. The first-order valence-electron chi connectivity index (χ1n) is 6.97. The van der Waals surface area contributed by atoms with Gasteiger partial charge in [0.05, 0.1) is 0 Å². The van der Waals surface area contributed by atoms with Gasteiger partial charge in [-0.3, -0.25) is 0 Å². The van der Waals surface area contributed by atoms with Crippen LogP contribution in [0.5, 0.6) is 0 Å². The molecule has 0 amide bonds. The summed E-state index contributed by atoms with van der Waals surface area (Å²) in [5.74, 6) is 0.879. The molecule has 3 nitrogen and oxygen atoms in total. The molecule has 1 atom stereocenters. The van der Waals surface area contributed by atoms with E-state index in [2.05, 4.69) is 50.0 Å². The van der Waals surface area contributed by atoms with Crippen LogP contribution in [0, 0.1) is 11.3 Å². The van der Waals surface area contributed by atoms with Gasteiger partial charge >= 0.3 is 0 Å². The fourth-order valence-electron chi connectivity index (χ4n) is 2.41. The molecule has 1 aliphatic rings. The van der Waals surface area contributed by atoms with Gasteiger partial charge in [0, 0.05) is 32.7 Å². The SMILES string of the molecule is CN(C)CCNCCN1CCC(C(C)(C)C)C1. The molecule has 1 N–H and O–H groups in total. The zero-order valence-electron chi connectivity index (χ0n) is 12.4. The molecule has 0 aliphatic carbocycles. The van der Waals surface area contributed by atoms with Gasteiger partial charge < -0.3 is 15.1 Å². The van der Waals surface area contributed by atoms with Crippen LogP contribution in [0.25, 0.3) is 0 Å². The van der Waals surface area contributed by atoms with E-state index in [-0.39, 0.29) is 0 Å². The number of rotatable bonds is 6. The molecule has 0 saturated carbocycles. The Morgan fingerprint density at radius 3 is 2.47 bits per heavy atom. The van der Waals surface area contributed by atoms with Gasteiger partial charge in [-0.05, 0) is 38.4 Å². The minimum absolute atomic E-state index is 0.479. The van der Waals surface area contributed by atoms with E-state index in [1.807, 2.05) is 0 Å². The highest BCUT2D eigenvalue weighted by Crippen LogP contribution is 2.33. The number of nitrogens with zero attached hydrogens (tertiary/aromatic N) is 2. The molecule has 17 heavy (non-hydrogen) atoms. The molecular weight excluding hydrogens is 210 g/mol. The van der Waals surface area contributed by atoms with Crippen molar-refractivity contribution in [2.24, 2.45) is 11.3 Å². The Bertz CT molecular complexity index is 208. The van der Waals surface area contributed by atoms with Crippen LogP contribution in [0.15, 0.2) is 0 Å². The van der Waals surface area contributed by atoms with Gasteiger partial charge in [0.1, 0.15) is 0 Å². The predicted octanol–water partition coefficient (Wildman–Crippen LogP) is 1.51. The lowest BCUT2D eigenvalue weighted by molar-refractivity contribution is 0.229. The third-order valence-corrected chi connectivity index (χ3v) is 3.84. The van der Waals surface area contributed by atoms with Crippen molar-refractivity contribution in [3.05, 3.63) is 0 Å². The Morgan fingerprint density at radius 1 is 1.24 bits per heavy atom. The Kier molecular flexibility index (Phi) is 5.90. The highest BCUT2D eigenvalue weighted by Gasteiger charge is 2.31. The quantitative estimate of drug-likeness (QED) is 0.711. The summed E-state index contributed by atoms with van der Waals surface area (Å²) in [6.07, 6.45) is 1.38. The Morgan fingerprint density at radius 2 is 1.94 bits per heavy atom. The van der Waals surface area contributed by atoms with Crippen molar-refractivity contribution < 1.29 is 0 Å². The maximum absolute atomic E-state index is 3.51. The van der Waals surface area contributed by atoms with E-state index in [4.69, 9.17) is 0 Å². The van der Waals surface area contributed by atoms with Crippen molar-refractivity contribution in [1.29, 1.82) is 0 Å². The topological polar surface area (TPSA) is 18.5 Å². The molecule has 1 fully saturated rings. The first-order valence-corrected chi connectivity index (χ1v) is 6.97. The van der Waals surface area contributed by atoms with Crippen molar-refractivity contribution in [1.82, 2.24) is 15.1 Å². The third kappa shape index (κ3) is 5.84. The summed E-state index contributed by atoms with van der Waals surface area (Å²) in [7, 11) is 4.24. The lowest BCUT2D eigenvalue weighted by atomic mass is 9.80. The maximum atomic E-state index is 3.51. The molecule has 0 radical (unpaired) electrons. The van der Waals surface area contributed by atoms with Crippen LogP contribution in [-0.2, 0) is 0 Å². The van der Waals surface area contributed by atoms with E-state index in [0.717, 1.165) is 25.6 Å². The van der Waals surface area contributed by atoms with E-state index in [1.165, 1.54) is 26.1 Å². The van der Waals surface area contributed by atoms with Gasteiger partial charge in [0.2, 0.25) is 0 Å². The molecule has 102 valence electrons. The van der Waals surface area contributed by atoms with Crippen LogP contribution in [0.3, 0.4) is 0 Å². The summed E-state index contributed by atoms with van der Waals surface area (Å²) < 4.78 is 0. The number of likely N-dealkylation sites (N-methyl/N-ethyl adjacent to an activating group) is 1. The molecule has 0 aromatic rings. The molecule has 0 spiro atoms. The molecule has 3 heteroatoms. The zero-order chi connectivity index (χ0) is 12.9. The Labute approximate surface area is 108 Å². The zero-order valence-corrected chi connectivity index (χ0v) is 12.4. The Balaban J connectivity index is 2.06. The highest BCUT2D eigenvalue weighted by atomic mass is 15.2. The second-order valence-electron chi connectivity index (χ2n) is 6.71. The first-order chi connectivity index (χ1) is 7.89. The van der Waals surface area contributed by atoms with E-state index >= 15 is 0 Å². The van der Waals surface area contributed by atoms with Crippen LogP contribution >= 0.6 is 0 Å². The lowest BCUT2D eigenvalue weighted by Crippen LogP contribution is -2.34. The summed E-state index contributed by atoms with van der Waals surface area (Å²) in [4.78, 5) is 4.83. The number of likely N-dealkylation sites (tertiary alicyclic amines) is 1. The van der Waals surface area contributed by atoms with Crippen molar-refractivity contribution in [3.63, 3.8) is 0 Å². The molecule has 1 aliphatic heterocycles. The average molecular weight is 241 g/mol. The molecule has 1 heterocycles. The van der Waals surface area contributed by atoms with Crippen molar-refractivity contribution in [2.75, 3.05) is 53.4 Å². The van der Waals surface area contributed by atoms with Gasteiger partial charge in [-0.15, -0.1) is 0 Å².